The average Bonchev–Trinajstić information content (AvgIpc) is 2.87. The van der Waals surface area contributed by atoms with Crippen molar-refractivity contribution in [1.82, 2.24) is 9.97 Å². The molecule has 2 rings (SSSR count). The molecular formula is C13H20N4O. The van der Waals surface area contributed by atoms with E-state index in [2.05, 4.69) is 21.4 Å². The molecule has 0 bridgehead atoms. The van der Waals surface area contributed by atoms with Gasteiger partial charge in [0.15, 0.2) is 5.82 Å². The summed E-state index contributed by atoms with van der Waals surface area (Å²) in [5.74, 6) is 1.11. The summed E-state index contributed by atoms with van der Waals surface area (Å²) in [6, 6.07) is 0. The maximum absolute atomic E-state index is 5.94. The topological polar surface area (TPSA) is 73.1 Å². The van der Waals surface area contributed by atoms with Crippen LogP contribution in [0.2, 0.25) is 0 Å². The Morgan fingerprint density at radius 3 is 3.06 bits per heavy atom. The number of hydrogen-bond acceptors (Lipinski definition) is 5. The highest BCUT2D eigenvalue weighted by Crippen LogP contribution is 2.25. The first kappa shape index (κ1) is 12.7. The highest BCUT2D eigenvalue weighted by atomic mass is 16.5. The second-order valence-corrected chi connectivity index (χ2v) is 4.31. The third kappa shape index (κ3) is 3.12. The minimum atomic E-state index is 0.454. The van der Waals surface area contributed by atoms with Crippen LogP contribution in [0.4, 0.5) is 11.5 Å². The SMILES string of the molecule is CCOc1ncnc(NCCC2=CCCC2)c1N. The Kier molecular flexibility index (Phi) is 4.39. The normalized spacial score (nSPS) is 14.4. The summed E-state index contributed by atoms with van der Waals surface area (Å²) in [4.78, 5) is 8.14. The molecule has 0 aromatic carbocycles. The van der Waals surface area contributed by atoms with E-state index in [4.69, 9.17) is 10.5 Å². The van der Waals surface area contributed by atoms with Gasteiger partial charge in [0.05, 0.1) is 6.61 Å². The van der Waals surface area contributed by atoms with Gasteiger partial charge in [-0.25, -0.2) is 4.98 Å². The maximum atomic E-state index is 5.94. The van der Waals surface area contributed by atoms with Gasteiger partial charge in [-0.2, -0.15) is 4.98 Å². The van der Waals surface area contributed by atoms with Crippen LogP contribution in [0.15, 0.2) is 18.0 Å². The molecule has 0 saturated carbocycles. The Morgan fingerprint density at radius 2 is 2.33 bits per heavy atom. The van der Waals surface area contributed by atoms with Gasteiger partial charge in [-0.3, -0.25) is 0 Å². The average molecular weight is 248 g/mol. The van der Waals surface area contributed by atoms with Crippen LogP contribution in [0.1, 0.15) is 32.6 Å². The van der Waals surface area contributed by atoms with Gasteiger partial charge in [-0.05, 0) is 32.6 Å². The van der Waals surface area contributed by atoms with Gasteiger partial charge in [-0.15, -0.1) is 0 Å². The molecule has 3 N–H and O–H groups in total. The number of hydrogen-bond donors (Lipinski definition) is 2. The smallest absolute Gasteiger partial charge is 0.242 e. The molecule has 0 unspecified atom stereocenters. The molecule has 0 aliphatic heterocycles. The molecule has 5 nitrogen and oxygen atoms in total. The summed E-state index contributed by atoms with van der Waals surface area (Å²) >= 11 is 0. The van der Waals surface area contributed by atoms with Crippen LogP contribution in [0.25, 0.3) is 0 Å². The van der Waals surface area contributed by atoms with Crippen LogP contribution in [0.3, 0.4) is 0 Å². The minimum Gasteiger partial charge on any atom is -0.476 e. The van der Waals surface area contributed by atoms with Crippen LogP contribution < -0.4 is 15.8 Å². The predicted molar refractivity (Wildman–Crippen MR) is 72.7 cm³/mol. The van der Waals surface area contributed by atoms with E-state index in [0.29, 0.717) is 24.0 Å². The molecule has 0 spiro atoms. The molecule has 1 aliphatic rings. The van der Waals surface area contributed by atoms with Crippen LogP contribution in [-0.2, 0) is 0 Å². The zero-order valence-electron chi connectivity index (χ0n) is 10.8. The zero-order chi connectivity index (χ0) is 12.8. The predicted octanol–water partition coefficient (Wildman–Crippen LogP) is 2.37. The number of rotatable bonds is 6. The van der Waals surface area contributed by atoms with Gasteiger partial charge in [0, 0.05) is 6.54 Å². The second kappa shape index (κ2) is 6.23. The third-order valence-corrected chi connectivity index (χ3v) is 3.00. The van der Waals surface area contributed by atoms with E-state index in [1.165, 1.54) is 31.2 Å². The second-order valence-electron chi connectivity index (χ2n) is 4.31. The summed E-state index contributed by atoms with van der Waals surface area (Å²) in [5.41, 5.74) is 7.95. The first-order chi connectivity index (χ1) is 8.81. The van der Waals surface area contributed by atoms with E-state index >= 15 is 0 Å². The van der Waals surface area contributed by atoms with Crippen molar-refractivity contribution >= 4 is 11.5 Å². The minimum absolute atomic E-state index is 0.454. The molecule has 0 radical (unpaired) electrons. The van der Waals surface area contributed by atoms with Crippen molar-refractivity contribution in [2.45, 2.75) is 32.6 Å². The van der Waals surface area contributed by atoms with Crippen molar-refractivity contribution in [3.05, 3.63) is 18.0 Å². The molecule has 1 aromatic heterocycles. The summed E-state index contributed by atoms with van der Waals surface area (Å²) in [7, 11) is 0. The van der Waals surface area contributed by atoms with E-state index < -0.39 is 0 Å². The molecule has 1 aromatic rings. The number of nitrogens with one attached hydrogen (secondary N) is 1. The van der Waals surface area contributed by atoms with E-state index in [-0.39, 0.29) is 0 Å². The van der Waals surface area contributed by atoms with Crippen LogP contribution in [0.5, 0.6) is 5.88 Å². The first-order valence-corrected chi connectivity index (χ1v) is 6.46. The molecule has 18 heavy (non-hydrogen) atoms. The van der Waals surface area contributed by atoms with Gasteiger partial charge < -0.3 is 15.8 Å². The van der Waals surface area contributed by atoms with Gasteiger partial charge in [-0.1, -0.05) is 11.6 Å². The quantitative estimate of drug-likeness (QED) is 0.756. The fraction of sp³-hybridized carbons (Fsp3) is 0.538. The summed E-state index contributed by atoms with van der Waals surface area (Å²) in [6.07, 6.45) is 8.59. The van der Waals surface area contributed by atoms with Crippen molar-refractivity contribution in [3.63, 3.8) is 0 Å². The lowest BCUT2D eigenvalue weighted by Crippen LogP contribution is -2.09. The van der Waals surface area contributed by atoms with E-state index in [9.17, 15) is 0 Å². The fourth-order valence-electron chi connectivity index (χ4n) is 2.08. The number of aromatic nitrogens is 2. The van der Waals surface area contributed by atoms with Crippen molar-refractivity contribution in [1.29, 1.82) is 0 Å². The van der Waals surface area contributed by atoms with E-state index in [1.54, 1.807) is 0 Å². The van der Waals surface area contributed by atoms with E-state index in [1.807, 2.05) is 6.92 Å². The summed E-state index contributed by atoms with van der Waals surface area (Å²) < 4.78 is 5.33. The molecule has 98 valence electrons. The number of anilines is 2. The molecule has 0 amide bonds. The highest BCUT2D eigenvalue weighted by Gasteiger charge is 2.09. The standard InChI is InChI=1S/C13H20N4O/c1-2-18-13-11(14)12(16-9-17-13)15-8-7-10-5-3-4-6-10/h5,9H,2-4,6-8,14H2,1H3,(H,15,16,17). The Bertz CT molecular complexity index is 431. The molecule has 5 heteroatoms. The number of allylic oxidation sites excluding steroid dienone is 1. The van der Waals surface area contributed by atoms with E-state index in [0.717, 1.165) is 13.0 Å². The van der Waals surface area contributed by atoms with Gasteiger partial charge >= 0.3 is 0 Å². The molecule has 0 saturated heterocycles. The molecule has 0 fully saturated rings. The lowest BCUT2D eigenvalue weighted by atomic mass is 10.2. The summed E-state index contributed by atoms with van der Waals surface area (Å²) in [5, 5.41) is 3.24. The number of nitrogens with zero attached hydrogens (tertiary/aromatic N) is 2. The van der Waals surface area contributed by atoms with Crippen LogP contribution in [-0.4, -0.2) is 23.1 Å². The Labute approximate surface area is 107 Å². The first-order valence-electron chi connectivity index (χ1n) is 6.46. The Hall–Kier alpha value is -1.78. The number of nitrogens with two attached hydrogens (primary N) is 1. The lowest BCUT2D eigenvalue weighted by molar-refractivity contribution is 0.328. The Morgan fingerprint density at radius 1 is 1.44 bits per heavy atom. The molecule has 1 aliphatic carbocycles. The largest absolute Gasteiger partial charge is 0.476 e. The number of nitrogen functional groups attached to an aromatic ring is 1. The van der Waals surface area contributed by atoms with Gasteiger partial charge in [0.2, 0.25) is 5.88 Å². The fourth-order valence-corrected chi connectivity index (χ4v) is 2.08. The van der Waals surface area contributed by atoms with Crippen molar-refractivity contribution in [2.24, 2.45) is 0 Å². The highest BCUT2D eigenvalue weighted by molar-refractivity contribution is 5.66. The number of ether oxygens (including phenoxy) is 1. The van der Waals surface area contributed by atoms with Crippen molar-refractivity contribution in [3.8, 4) is 5.88 Å². The van der Waals surface area contributed by atoms with Crippen LogP contribution in [0, 0.1) is 0 Å². The zero-order valence-corrected chi connectivity index (χ0v) is 10.8. The molecule has 1 heterocycles. The van der Waals surface area contributed by atoms with Crippen molar-refractivity contribution in [2.75, 3.05) is 24.2 Å². The molecular weight excluding hydrogens is 228 g/mol. The van der Waals surface area contributed by atoms with Crippen LogP contribution >= 0.6 is 0 Å². The van der Waals surface area contributed by atoms with Gasteiger partial charge in [0.25, 0.3) is 0 Å². The van der Waals surface area contributed by atoms with Crippen molar-refractivity contribution < 1.29 is 4.74 Å². The third-order valence-electron chi connectivity index (χ3n) is 3.00. The Balaban J connectivity index is 1.90. The maximum Gasteiger partial charge on any atom is 0.242 e. The monoisotopic (exact) mass is 248 g/mol. The van der Waals surface area contributed by atoms with Gasteiger partial charge in [0.1, 0.15) is 12.0 Å². The summed E-state index contributed by atoms with van der Waals surface area (Å²) in [6.45, 7) is 3.30. The molecule has 0 atom stereocenters. The lowest BCUT2D eigenvalue weighted by Gasteiger charge is -2.11.